The molecule has 0 saturated heterocycles. The first-order valence-corrected chi connectivity index (χ1v) is 7.44. The largest absolute Gasteiger partial charge is 0.393 e. The molecule has 1 aromatic rings. The van der Waals surface area contributed by atoms with Crippen molar-refractivity contribution in [2.75, 3.05) is 6.54 Å². The number of carbonyl (C=O) groups excluding carboxylic acids is 1. The van der Waals surface area contributed by atoms with Gasteiger partial charge in [0.2, 0.25) is 5.91 Å². The van der Waals surface area contributed by atoms with Crippen molar-refractivity contribution in [1.82, 2.24) is 9.88 Å². The van der Waals surface area contributed by atoms with Gasteiger partial charge in [-0.25, -0.2) is 0 Å². The fourth-order valence-electron chi connectivity index (χ4n) is 2.31. The van der Waals surface area contributed by atoms with Gasteiger partial charge in [0, 0.05) is 37.8 Å². The van der Waals surface area contributed by atoms with E-state index in [0.29, 0.717) is 30.4 Å². The normalized spacial score (nSPS) is 15.7. The molecule has 1 fully saturated rings. The van der Waals surface area contributed by atoms with Gasteiger partial charge in [-0.15, -0.1) is 0 Å². The van der Waals surface area contributed by atoms with E-state index in [4.69, 9.17) is 18.0 Å². The summed E-state index contributed by atoms with van der Waals surface area (Å²) in [6.07, 6.45) is 6.44. The lowest BCUT2D eigenvalue weighted by Crippen LogP contribution is -2.37. The van der Waals surface area contributed by atoms with Crippen LogP contribution >= 0.6 is 12.2 Å². The SMILES string of the molecule is CC(C(=O)N(CCC(N)=S)Cc1cccnc1)C1CC1. The minimum atomic E-state index is 0.0954. The number of hydrogen-bond donors (Lipinski definition) is 1. The van der Waals surface area contributed by atoms with Crippen molar-refractivity contribution in [3.05, 3.63) is 30.1 Å². The second kappa shape index (κ2) is 6.79. The summed E-state index contributed by atoms with van der Waals surface area (Å²) in [6.45, 7) is 3.18. The van der Waals surface area contributed by atoms with Gasteiger partial charge in [-0.05, 0) is 30.4 Å². The number of amides is 1. The van der Waals surface area contributed by atoms with E-state index >= 15 is 0 Å². The van der Waals surface area contributed by atoms with Crippen molar-refractivity contribution in [3.63, 3.8) is 0 Å². The predicted molar refractivity (Wildman–Crippen MR) is 82.9 cm³/mol. The maximum absolute atomic E-state index is 12.6. The molecule has 0 spiro atoms. The number of carbonyl (C=O) groups is 1. The van der Waals surface area contributed by atoms with E-state index in [1.807, 2.05) is 24.0 Å². The maximum atomic E-state index is 12.6. The first-order valence-electron chi connectivity index (χ1n) is 7.04. The molecule has 1 aliphatic rings. The summed E-state index contributed by atoms with van der Waals surface area (Å²) < 4.78 is 0. The highest BCUT2D eigenvalue weighted by atomic mass is 32.1. The van der Waals surface area contributed by atoms with E-state index < -0.39 is 0 Å². The minimum absolute atomic E-state index is 0.0954. The summed E-state index contributed by atoms with van der Waals surface area (Å²) in [6, 6.07) is 3.87. The van der Waals surface area contributed by atoms with Crippen LogP contribution in [0.15, 0.2) is 24.5 Å². The molecular formula is C15H21N3OS. The van der Waals surface area contributed by atoms with Crippen LogP contribution in [0, 0.1) is 11.8 Å². The van der Waals surface area contributed by atoms with Gasteiger partial charge in [-0.3, -0.25) is 9.78 Å². The summed E-state index contributed by atoms with van der Waals surface area (Å²) in [5, 5.41) is 0. The Hall–Kier alpha value is -1.49. The zero-order valence-electron chi connectivity index (χ0n) is 11.8. The van der Waals surface area contributed by atoms with E-state index in [2.05, 4.69) is 4.98 Å². The van der Waals surface area contributed by atoms with Crippen LogP contribution in [0.1, 0.15) is 31.7 Å². The third-order valence-corrected chi connectivity index (χ3v) is 3.96. The molecular weight excluding hydrogens is 270 g/mol. The molecule has 0 bridgehead atoms. The third kappa shape index (κ3) is 4.27. The summed E-state index contributed by atoms with van der Waals surface area (Å²) >= 11 is 4.92. The quantitative estimate of drug-likeness (QED) is 0.782. The number of pyridine rings is 1. The van der Waals surface area contributed by atoms with E-state index in [0.717, 1.165) is 5.56 Å². The van der Waals surface area contributed by atoms with Crippen molar-refractivity contribution in [3.8, 4) is 0 Å². The molecule has 0 aliphatic heterocycles. The number of rotatable bonds is 7. The zero-order valence-corrected chi connectivity index (χ0v) is 12.6. The molecule has 1 atom stereocenters. The summed E-state index contributed by atoms with van der Waals surface area (Å²) in [5.74, 6) is 0.856. The van der Waals surface area contributed by atoms with E-state index in [-0.39, 0.29) is 11.8 Å². The van der Waals surface area contributed by atoms with Crippen molar-refractivity contribution < 1.29 is 4.79 Å². The zero-order chi connectivity index (χ0) is 14.5. The van der Waals surface area contributed by atoms with Gasteiger partial charge >= 0.3 is 0 Å². The Kier molecular flexibility index (Phi) is 5.06. The molecule has 1 unspecified atom stereocenters. The maximum Gasteiger partial charge on any atom is 0.225 e. The average Bonchev–Trinajstić information content (AvgIpc) is 3.27. The van der Waals surface area contributed by atoms with Crippen LogP contribution in [-0.2, 0) is 11.3 Å². The molecule has 0 radical (unpaired) electrons. The van der Waals surface area contributed by atoms with Gasteiger partial charge in [0.1, 0.15) is 0 Å². The standard InChI is InChI=1S/C15H21N3OS/c1-11(13-4-5-13)15(19)18(8-6-14(16)20)10-12-3-2-7-17-9-12/h2-3,7,9,11,13H,4-6,8,10H2,1H3,(H2,16,20). The molecule has 4 nitrogen and oxygen atoms in total. The Labute approximate surface area is 125 Å². The molecule has 20 heavy (non-hydrogen) atoms. The monoisotopic (exact) mass is 291 g/mol. The lowest BCUT2D eigenvalue weighted by Gasteiger charge is -2.26. The van der Waals surface area contributed by atoms with Gasteiger partial charge < -0.3 is 10.6 Å². The second-order valence-electron chi connectivity index (χ2n) is 5.46. The van der Waals surface area contributed by atoms with Crippen molar-refractivity contribution in [2.45, 2.75) is 32.7 Å². The van der Waals surface area contributed by atoms with Gasteiger partial charge in [-0.2, -0.15) is 0 Å². The smallest absolute Gasteiger partial charge is 0.225 e. The Morgan fingerprint density at radius 3 is 2.90 bits per heavy atom. The lowest BCUT2D eigenvalue weighted by molar-refractivity contribution is -0.136. The number of thiocarbonyl (C=S) groups is 1. The molecule has 1 amide bonds. The number of hydrogen-bond acceptors (Lipinski definition) is 3. The van der Waals surface area contributed by atoms with E-state index in [1.54, 1.807) is 12.4 Å². The highest BCUT2D eigenvalue weighted by molar-refractivity contribution is 7.80. The van der Waals surface area contributed by atoms with Crippen molar-refractivity contribution in [2.24, 2.45) is 17.6 Å². The predicted octanol–water partition coefficient (Wildman–Crippen LogP) is 2.13. The van der Waals surface area contributed by atoms with Crippen LogP contribution in [0.25, 0.3) is 0 Å². The molecule has 1 aromatic heterocycles. The molecule has 1 aliphatic carbocycles. The molecule has 5 heteroatoms. The Bertz CT molecular complexity index is 473. The molecule has 1 saturated carbocycles. The van der Waals surface area contributed by atoms with Crippen LogP contribution in [-0.4, -0.2) is 27.3 Å². The van der Waals surface area contributed by atoms with Crippen molar-refractivity contribution >= 4 is 23.1 Å². The van der Waals surface area contributed by atoms with E-state index in [9.17, 15) is 4.79 Å². The van der Waals surface area contributed by atoms with Crippen LogP contribution < -0.4 is 5.73 Å². The highest BCUT2D eigenvalue weighted by Crippen LogP contribution is 2.37. The fraction of sp³-hybridized carbons (Fsp3) is 0.533. The molecule has 1 heterocycles. The number of nitrogens with two attached hydrogens (primary N) is 1. The molecule has 2 rings (SSSR count). The van der Waals surface area contributed by atoms with Gasteiger partial charge in [0.15, 0.2) is 0 Å². The topological polar surface area (TPSA) is 59.2 Å². The molecule has 2 N–H and O–H groups in total. The molecule has 0 aromatic carbocycles. The van der Waals surface area contributed by atoms with Gasteiger partial charge in [0.25, 0.3) is 0 Å². The number of nitrogens with zero attached hydrogens (tertiary/aromatic N) is 2. The summed E-state index contributed by atoms with van der Waals surface area (Å²) in [7, 11) is 0. The number of aromatic nitrogens is 1. The minimum Gasteiger partial charge on any atom is -0.393 e. The van der Waals surface area contributed by atoms with Gasteiger partial charge in [0.05, 0.1) is 4.99 Å². The first-order chi connectivity index (χ1) is 9.58. The lowest BCUT2D eigenvalue weighted by atomic mass is 10.0. The van der Waals surface area contributed by atoms with Gasteiger partial charge in [-0.1, -0.05) is 25.2 Å². The molecule has 108 valence electrons. The third-order valence-electron chi connectivity index (χ3n) is 3.75. The van der Waals surface area contributed by atoms with Crippen LogP contribution in [0.2, 0.25) is 0 Å². The Balaban J connectivity index is 2.02. The Morgan fingerprint density at radius 1 is 1.60 bits per heavy atom. The second-order valence-corrected chi connectivity index (χ2v) is 5.99. The van der Waals surface area contributed by atoms with Crippen LogP contribution in [0.4, 0.5) is 0 Å². The van der Waals surface area contributed by atoms with Crippen LogP contribution in [0.3, 0.4) is 0 Å². The summed E-state index contributed by atoms with van der Waals surface area (Å²) in [4.78, 5) is 19.0. The van der Waals surface area contributed by atoms with E-state index in [1.165, 1.54) is 12.8 Å². The Morgan fingerprint density at radius 2 is 2.35 bits per heavy atom. The fourth-order valence-corrected chi connectivity index (χ4v) is 2.40. The average molecular weight is 291 g/mol. The summed E-state index contributed by atoms with van der Waals surface area (Å²) in [5.41, 5.74) is 6.60. The first kappa shape index (κ1) is 14.9. The van der Waals surface area contributed by atoms with Crippen LogP contribution in [0.5, 0.6) is 0 Å². The highest BCUT2D eigenvalue weighted by Gasteiger charge is 2.34. The van der Waals surface area contributed by atoms with Crippen molar-refractivity contribution in [1.29, 1.82) is 0 Å².